The average molecular weight is 253 g/mol. The van der Waals surface area contributed by atoms with E-state index in [-0.39, 0.29) is 5.54 Å². The van der Waals surface area contributed by atoms with E-state index in [2.05, 4.69) is 42.6 Å². The first-order valence-corrected chi connectivity index (χ1v) is 6.92. The van der Waals surface area contributed by atoms with Gasteiger partial charge in [0.15, 0.2) is 0 Å². The number of hydrogen-bond acceptors (Lipinski definition) is 3. The number of ether oxygens (including phenoxy) is 1. The van der Waals surface area contributed by atoms with Gasteiger partial charge in [0.2, 0.25) is 5.95 Å². The Morgan fingerprint density at radius 2 is 1.94 bits per heavy atom. The van der Waals surface area contributed by atoms with Crippen molar-refractivity contribution in [2.24, 2.45) is 0 Å². The Kier molecular flexibility index (Phi) is 5.66. The zero-order valence-corrected chi connectivity index (χ0v) is 12.4. The molecule has 18 heavy (non-hydrogen) atoms. The highest BCUT2D eigenvalue weighted by molar-refractivity contribution is 5.31. The molecule has 104 valence electrons. The van der Waals surface area contributed by atoms with Gasteiger partial charge in [0.25, 0.3) is 0 Å². The van der Waals surface area contributed by atoms with Gasteiger partial charge in [0.05, 0.1) is 12.6 Å². The second-order valence-corrected chi connectivity index (χ2v) is 4.93. The molecular formula is C14H27N3O. The average Bonchev–Trinajstić information content (AvgIpc) is 2.84. The van der Waals surface area contributed by atoms with E-state index in [1.54, 1.807) is 7.11 Å². The summed E-state index contributed by atoms with van der Waals surface area (Å²) in [4.78, 5) is 4.44. The molecule has 4 nitrogen and oxygen atoms in total. The minimum absolute atomic E-state index is 0.149. The van der Waals surface area contributed by atoms with E-state index in [4.69, 9.17) is 4.74 Å². The summed E-state index contributed by atoms with van der Waals surface area (Å²) in [6, 6.07) is 0.295. The SMILES string of the molecule is CCC(CC)(CC)Nc1nccn1C(C)COC. The molecule has 1 rings (SSSR count). The number of anilines is 1. The lowest BCUT2D eigenvalue weighted by atomic mass is 9.90. The molecule has 0 aromatic carbocycles. The van der Waals surface area contributed by atoms with Crippen LogP contribution >= 0.6 is 0 Å². The van der Waals surface area contributed by atoms with Crippen LogP contribution in [0.25, 0.3) is 0 Å². The Morgan fingerprint density at radius 3 is 2.44 bits per heavy atom. The van der Waals surface area contributed by atoms with Crippen LogP contribution in [0, 0.1) is 0 Å². The fraction of sp³-hybridized carbons (Fsp3) is 0.786. The fourth-order valence-electron chi connectivity index (χ4n) is 2.34. The molecule has 0 aliphatic rings. The van der Waals surface area contributed by atoms with Gasteiger partial charge in [-0.05, 0) is 26.2 Å². The van der Waals surface area contributed by atoms with Crippen LogP contribution in [-0.4, -0.2) is 28.8 Å². The van der Waals surface area contributed by atoms with Gasteiger partial charge in [-0.1, -0.05) is 20.8 Å². The maximum Gasteiger partial charge on any atom is 0.203 e. The monoisotopic (exact) mass is 253 g/mol. The molecular weight excluding hydrogens is 226 g/mol. The van der Waals surface area contributed by atoms with Crippen molar-refractivity contribution < 1.29 is 4.74 Å². The van der Waals surface area contributed by atoms with Crippen LogP contribution in [0.15, 0.2) is 12.4 Å². The normalized spacial score (nSPS) is 13.6. The minimum Gasteiger partial charge on any atom is -0.383 e. The van der Waals surface area contributed by atoms with Gasteiger partial charge in [-0.3, -0.25) is 0 Å². The lowest BCUT2D eigenvalue weighted by Crippen LogP contribution is -2.37. The summed E-state index contributed by atoms with van der Waals surface area (Å²) in [7, 11) is 1.73. The number of imidazole rings is 1. The van der Waals surface area contributed by atoms with Crippen molar-refractivity contribution in [1.29, 1.82) is 0 Å². The van der Waals surface area contributed by atoms with Crippen LogP contribution < -0.4 is 5.32 Å². The molecule has 1 aromatic heterocycles. The van der Waals surface area contributed by atoms with E-state index in [9.17, 15) is 0 Å². The molecule has 0 bridgehead atoms. The number of nitrogens with one attached hydrogen (secondary N) is 1. The van der Waals surface area contributed by atoms with Crippen LogP contribution in [0.4, 0.5) is 5.95 Å². The van der Waals surface area contributed by atoms with E-state index in [0.29, 0.717) is 12.6 Å². The molecule has 1 atom stereocenters. The Bertz CT molecular complexity index is 336. The Labute approximate surface area is 111 Å². The highest BCUT2D eigenvalue weighted by atomic mass is 16.5. The van der Waals surface area contributed by atoms with Crippen molar-refractivity contribution >= 4 is 5.95 Å². The van der Waals surface area contributed by atoms with Crippen molar-refractivity contribution in [2.75, 3.05) is 19.0 Å². The molecule has 1 heterocycles. The molecule has 0 saturated heterocycles. The van der Waals surface area contributed by atoms with Gasteiger partial charge < -0.3 is 14.6 Å². The minimum atomic E-state index is 0.149. The number of methoxy groups -OCH3 is 1. The van der Waals surface area contributed by atoms with E-state index in [1.807, 2.05) is 12.4 Å². The van der Waals surface area contributed by atoms with Gasteiger partial charge in [0.1, 0.15) is 0 Å². The molecule has 0 amide bonds. The third-order valence-electron chi connectivity index (χ3n) is 3.96. The second kappa shape index (κ2) is 6.78. The zero-order chi connectivity index (χ0) is 13.6. The summed E-state index contributed by atoms with van der Waals surface area (Å²) in [5, 5.41) is 3.63. The van der Waals surface area contributed by atoms with Crippen LogP contribution in [0.1, 0.15) is 53.0 Å². The van der Waals surface area contributed by atoms with Crippen LogP contribution in [-0.2, 0) is 4.74 Å². The first kappa shape index (κ1) is 15.0. The highest BCUT2D eigenvalue weighted by Crippen LogP contribution is 2.26. The molecule has 0 radical (unpaired) electrons. The Balaban J connectivity index is 2.87. The number of rotatable bonds is 8. The van der Waals surface area contributed by atoms with Crippen LogP contribution in [0.3, 0.4) is 0 Å². The van der Waals surface area contributed by atoms with Crippen molar-refractivity contribution in [1.82, 2.24) is 9.55 Å². The maximum absolute atomic E-state index is 5.22. The van der Waals surface area contributed by atoms with Crippen molar-refractivity contribution in [3.8, 4) is 0 Å². The number of hydrogen-bond donors (Lipinski definition) is 1. The zero-order valence-electron chi connectivity index (χ0n) is 12.4. The molecule has 4 heteroatoms. The van der Waals surface area contributed by atoms with E-state index in [0.717, 1.165) is 25.2 Å². The van der Waals surface area contributed by atoms with Gasteiger partial charge in [0, 0.05) is 25.0 Å². The smallest absolute Gasteiger partial charge is 0.203 e. The first-order valence-electron chi connectivity index (χ1n) is 6.92. The Hall–Kier alpha value is -1.03. The van der Waals surface area contributed by atoms with Gasteiger partial charge in [-0.25, -0.2) is 4.98 Å². The largest absolute Gasteiger partial charge is 0.383 e. The van der Waals surface area contributed by atoms with Gasteiger partial charge in [-0.2, -0.15) is 0 Å². The maximum atomic E-state index is 5.22. The third kappa shape index (κ3) is 3.25. The topological polar surface area (TPSA) is 39.1 Å². The summed E-state index contributed by atoms with van der Waals surface area (Å²) in [6.45, 7) is 9.52. The quantitative estimate of drug-likeness (QED) is 0.771. The molecule has 0 spiro atoms. The van der Waals surface area contributed by atoms with Crippen LogP contribution in [0.2, 0.25) is 0 Å². The standard InChI is InChI=1S/C14H27N3O/c1-6-14(7-2,8-3)16-13-15-9-10-17(13)12(4)11-18-5/h9-10,12H,6-8,11H2,1-5H3,(H,15,16). The predicted octanol–water partition coefficient (Wildman–Crippen LogP) is 3.47. The molecule has 1 unspecified atom stereocenters. The summed E-state index contributed by atoms with van der Waals surface area (Å²) < 4.78 is 7.37. The molecule has 0 saturated carbocycles. The van der Waals surface area contributed by atoms with E-state index in [1.165, 1.54) is 0 Å². The number of nitrogens with zero attached hydrogens (tertiary/aromatic N) is 2. The fourth-order valence-corrected chi connectivity index (χ4v) is 2.34. The second-order valence-electron chi connectivity index (χ2n) is 4.93. The third-order valence-corrected chi connectivity index (χ3v) is 3.96. The predicted molar refractivity (Wildman–Crippen MR) is 76.0 cm³/mol. The summed E-state index contributed by atoms with van der Waals surface area (Å²) in [5.41, 5.74) is 0.149. The van der Waals surface area contributed by atoms with Gasteiger partial charge >= 0.3 is 0 Å². The molecule has 1 aromatic rings. The lowest BCUT2D eigenvalue weighted by molar-refractivity contribution is 0.162. The van der Waals surface area contributed by atoms with E-state index < -0.39 is 0 Å². The van der Waals surface area contributed by atoms with Crippen molar-refractivity contribution in [3.05, 3.63) is 12.4 Å². The highest BCUT2D eigenvalue weighted by Gasteiger charge is 2.25. The Morgan fingerprint density at radius 1 is 1.33 bits per heavy atom. The molecule has 0 aliphatic heterocycles. The van der Waals surface area contributed by atoms with E-state index >= 15 is 0 Å². The van der Waals surface area contributed by atoms with Crippen molar-refractivity contribution in [3.63, 3.8) is 0 Å². The lowest BCUT2D eigenvalue weighted by Gasteiger charge is -2.33. The molecule has 0 fully saturated rings. The van der Waals surface area contributed by atoms with Crippen LogP contribution in [0.5, 0.6) is 0 Å². The molecule has 0 aliphatic carbocycles. The van der Waals surface area contributed by atoms with Crippen molar-refractivity contribution in [2.45, 2.75) is 58.5 Å². The van der Waals surface area contributed by atoms with Gasteiger partial charge in [-0.15, -0.1) is 0 Å². The number of aromatic nitrogens is 2. The first-order chi connectivity index (χ1) is 8.62. The molecule has 1 N–H and O–H groups in total. The summed E-state index contributed by atoms with van der Waals surface area (Å²) >= 11 is 0. The summed E-state index contributed by atoms with van der Waals surface area (Å²) in [5.74, 6) is 0.949. The summed E-state index contributed by atoms with van der Waals surface area (Å²) in [6.07, 6.45) is 7.17.